The second kappa shape index (κ2) is 5.40. The van der Waals surface area contributed by atoms with E-state index in [9.17, 15) is 13.6 Å². The number of phosphoric acid groups is 1. The van der Waals surface area contributed by atoms with E-state index in [-0.39, 0.29) is 51.4 Å². The van der Waals surface area contributed by atoms with Crippen LogP contribution >= 0.6 is 7.82 Å². The maximum atomic E-state index is 10.4. The molecule has 0 rings (SSSR count). The van der Waals surface area contributed by atoms with Crippen LogP contribution in [-0.2, 0) is 14.0 Å². The molecule has 0 spiro atoms. The Hall–Kier alpha value is 1.61. The summed E-state index contributed by atoms with van der Waals surface area (Å²) in [6.45, 7) is 0. The van der Waals surface area contributed by atoms with Gasteiger partial charge in [-0.1, -0.05) is 9.46 Å². The van der Waals surface area contributed by atoms with Crippen LogP contribution in [0.3, 0.4) is 0 Å². The summed E-state index contributed by atoms with van der Waals surface area (Å²) >= 11 is 0. The average molecular weight is 174 g/mol. The van der Waals surface area contributed by atoms with E-state index in [4.69, 9.17) is 4.89 Å². The van der Waals surface area contributed by atoms with E-state index in [0.717, 1.165) is 0 Å². The van der Waals surface area contributed by atoms with E-state index >= 15 is 0 Å². The zero-order valence-electron chi connectivity index (χ0n) is 2.88. The van der Waals surface area contributed by atoms with Gasteiger partial charge < -0.3 is 0 Å². The Morgan fingerprint density at radius 1 is 1.38 bits per heavy atom. The zero-order chi connectivity index (χ0) is 5.91. The molecule has 8 heteroatoms. The fraction of sp³-hybridized carbons (Fsp3) is 0. The number of hydrogen-bond donors (Lipinski definition) is 1. The Bertz CT molecular complexity index is 86.0. The molecule has 0 amide bonds. The molecule has 0 unspecified atom stereocenters. The van der Waals surface area contributed by atoms with Gasteiger partial charge in [-0.05, 0) is 9.05 Å². The van der Waals surface area contributed by atoms with Crippen LogP contribution in [0.2, 0.25) is 0 Å². The van der Waals surface area contributed by atoms with Gasteiger partial charge in [0.15, 0.2) is 0 Å². The number of hydrogen-bond acceptors (Lipinski definition) is 3. The van der Waals surface area contributed by atoms with Crippen molar-refractivity contribution in [3.8, 4) is 0 Å². The van der Waals surface area contributed by atoms with E-state index in [1.165, 1.54) is 0 Å². The third-order valence-corrected chi connectivity index (χ3v) is 0.523. The summed E-state index contributed by atoms with van der Waals surface area (Å²) in [5.41, 5.74) is 0. The topological polar surface area (TPSA) is 55.8 Å². The van der Waals surface area contributed by atoms with Gasteiger partial charge in [-0.2, -0.15) is 0 Å². The SMILES string of the molecule is O=P(O)(OF)OF.[KH]. The van der Waals surface area contributed by atoms with Crippen LogP contribution in [0, 0.1) is 0 Å². The minimum atomic E-state index is -4.99. The van der Waals surface area contributed by atoms with Gasteiger partial charge in [0.25, 0.3) is 0 Å². The van der Waals surface area contributed by atoms with Gasteiger partial charge in [-0.25, -0.2) is 4.57 Å². The summed E-state index contributed by atoms with van der Waals surface area (Å²) in [7, 11) is -4.99. The van der Waals surface area contributed by atoms with Gasteiger partial charge in [0.2, 0.25) is 0 Å². The number of halogens is 2. The van der Waals surface area contributed by atoms with E-state index in [2.05, 4.69) is 9.46 Å². The molecule has 0 aromatic carbocycles. The molecule has 8 heavy (non-hydrogen) atoms. The predicted octanol–water partition coefficient (Wildman–Crippen LogP) is 0.240. The predicted molar refractivity (Wildman–Crippen MR) is 21.4 cm³/mol. The van der Waals surface area contributed by atoms with Crippen LogP contribution in [0.25, 0.3) is 0 Å². The standard InChI is InChI=1S/F2HO4P.K.H/c1-5-7(3,4)6-2;;/h(H,3,4);;. The van der Waals surface area contributed by atoms with Crippen LogP contribution in [0.1, 0.15) is 0 Å². The van der Waals surface area contributed by atoms with Crippen molar-refractivity contribution in [3.05, 3.63) is 0 Å². The summed E-state index contributed by atoms with van der Waals surface area (Å²) < 4.78 is 34.3. The van der Waals surface area contributed by atoms with Crippen LogP contribution in [-0.4, -0.2) is 56.3 Å². The van der Waals surface area contributed by atoms with Gasteiger partial charge in [0.1, 0.15) is 0 Å². The fourth-order valence-corrected chi connectivity index (χ4v) is 0.0319. The summed E-state index contributed by atoms with van der Waals surface area (Å²) in [6, 6.07) is 0. The van der Waals surface area contributed by atoms with Crippen molar-refractivity contribution in [2.75, 3.05) is 0 Å². The molecule has 0 aliphatic heterocycles. The molecule has 0 aliphatic carbocycles. The molecule has 0 saturated carbocycles. The molecule has 0 heterocycles. The summed E-state index contributed by atoms with van der Waals surface area (Å²) in [4.78, 5) is 7.49. The van der Waals surface area contributed by atoms with Crippen molar-refractivity contribution in [1.29, 1.82) is 0 Å². The monoisotopic (exact) mass is 174 g/mol. The van der Waals surface area contributed by atoms with Crippen molar-refractivity contribution in [3.63, 3.8) is 0 Å². The van der Waals surface area contributed by atoms with Gasteiger partial charge >= 0.3 is 59.2 Å². The first-order valence-corrected chi connectivity index (χ1v) is 2.55. The third kappa shape index (κ3) is 5.74. The van der Waals surface area contributed by atoms with Crippen LogP contribution < -0.4 is 0 Å². The average Bonchev–Trinajstić information content (AvgIpc) is 1.68. The van der Waals surface area contributed by atoms with Gasteiger partial charge in [0.05, 0.1) is 0 Å². The van der Waals surface area contributed by atoms with Gasteiger partial charge in [0, 0.05) is 0 Å². The second-order valence-electron chi connectivity index (χ2n) is 0.607. The first-order valence-electron chi connectivity index (χ1n) is 1.06. The molecule has 0 saturated heterocycles. The zero-order valence-corrected chi connectivity index (χ0v) is 3.77. The first kappa shape index (κ1) is 12.3. The summed E-state index contributed by atoms with van der Waals surface area (Å²) in [6.07, 6.45) is 0. The Labute approximate surface area is 86.0 Å². The molecular weight excluding hydrogens is 172 g/mol. The van der Waals surface area contributed by atoms with Crippen molar-refractivity contribution in [2.24, 2.45) is 0 Å². The molecule has 0 aliphatic rings. The molecule has 4 nitrogen and oxygen atoms in total. The molecule has 0 bridgehead atoms. The Kier molecular flexibility index (Phi) is 8.29. The molecule has 0 fully saturated rings. The Morgan fingerprint density at radius 3 is 1.62 bits per heavy atom. The van der Waals surface area contributed by atoms with Gasteiger partial charge in [-0.3, -0.25) is 4.89 Å². The van der Waals surface area contributed by atoms with Crippen molar-refractivity contribution < 1.29 is 28.0 Å². The van der Waals surface area contributed by atoms with Crippen LogP contribution in [0.4, 0.5) is 9.05 Å². The van der Waals surface area contributed by atoms with E-state index in [0.29, 0.717) is 0 Å². The van der Waals surface area contributed by atoms with E-state index in [1.807, 2.05) is 0 Å². The molecule has 46 valence electrons. The second-order valence-corrected chi connectivity index (χ2v) is 1.82. The van der Waals surface area contributed by atoms with Crippen molar-refractivity contribution in [1.82, 2.24) is 0 Å². The summed E-state index contributed by atoms with van der Waals surface area (Å²) in [5.74, 6) is 0. The Morgan fingerprint density at radius 2 is 1.62 bits per heavy atom. The molecule has 0 aromatic rings. The third-order valence-electron chi connectivity index (χ3n) is 0.174. The Balaban J connectivity index is 0. The molecule has 0 radical (unpaired) electrons. The van der Waals surface area contributed by atoms with E-state index in [1.54, 1.807) is 0 Å². The minimum absolute atomic E-state index is 0. The molecular formula is H2F2KO4P. The quantitative estimate of drug-likeness (QED) is 0.481. The van der Waals surface area contributed by atoms with Crippen molar-refractivity contribution >= 4 is 59.2 Å². The van der Waals surface area contributed by atoms with Crippen LogP contribution in [0.5, 0.6) is 0 Å². The normalized spacial score (nSPS) is 10.4. The molecule has 0 atom stereocenters. The van der Waals surface area contributed by atoms with E-state index < -0.39 is 7.82 Å². The van der Waals surface area contributed by atoms with Crippen LogP contribution in [0.15, 0.2) is 0 Å². The number of rotatable bonds is 2. The van der Waals surface area contributed by atoms with Gasteiger partial charge in [-0.15, -0.1) is 0 Å². The fourth-order valence-electron chi connectivity index (χ4n) is 0.0106. The maximum absolute atomic E-state index is 10.4. The molecule has 1 N–H and O–H groups in total. The van der Waals surface area contributed by atoms with Crippen molar-refractivity contribution in [2.45, 2.75) is 0 Å². The first-order chi connectivity index (χ1) is 3.12. The summed E-state index contributed by atoms with van der Waals surface area (Å²) in [5, 5.41) is 0. The molecule has 0 aromatic heterocycles.